The summed E-state index contributed by atoms with van der Waals surface area (Å²) in [6.07, 6.45) is 9.30. The molecule has 1 saturated carbocycles. The van der Waals surface area contributed by atoms with Crippen LogP contribution in [0.4, 0.5) is 0 Å². The maximum absolute atomic E-state index is 9.96. The Morgan fingerprint density at radius 1 is 1.19 bits per heavy atom. The molecule has 94 valence electrons. The fourth-order valence-electron chi connectivity index (χ4n) is 3.00. The van der Waals surface area contributed by atoms with Crippen LogP contribution in [0.1, 0.15) is 51.9 Å². The van der Waals surface area contributed by atoms with E-state index in [9.17, 15) is 5.11 Å². The summed E-state index contributed by atoms with van der Waals surface area (Å²) >= 11 is 0. The Balaban J connectivity index is 1.70. The van der Waals surface area contributed by atoms with Gasteiger partial charge in [-0.3, -0.25) is 0 Å². The largest absolute Gasteiger partial charge is 0.392 e. The third-order valence-electron chi connectivity index (χ3n) is 4.25. The first-order valence-electron chi connectivity index (χ1n) is 7.20. The van der Waals surface area contributed by atoms with E-state index < -0.39 is 0 Å². The van der Waals surface area contributed by atoms with Gasteiger partial charge in [-0.15, -0.1) is 0 Å². The van der Waals surface area contributed by atoms with Crippen LogP contribution in [0.15, 0.2) is 0 Å². The number of hydrogen-bond donors (Lipinski definition) is 1. The Morgan fingerprint density at radius 2 is 2.00 bits per heavy atom. The second-order valence-corrected chi connectivity index (χ2v) is 5.79. The molecule has 2 fully saturated rings. The van der Waals surface area contributed by atoms with Crippen molar-refractivity contribution in [3.05, 3.63) is 0 Å². The molecule has 16 heavy (non-hydrogen) atoms. The summed E-state index contributed by atoms with van der Waals surface area (Å²) in [5.41, 5.74) is 0. The maximum atomic E-state index is 9.96. The van der Waals surface area contributed by atoms with E-state index in [1.54, 1.807) is 0 Å². The molecule has 2 aliphatic rings. The van der Waals surface area contributed by atoms with Crippen molar-refractivity contribution in [2.45, 2.75) is 58.0 Å². The van der Waals surface area contributed by atoms with Gasteiger partial charge in [0.15, 0.2) is 0 Å². The molecule has 1 N–H and O–H groups in total. The second-order valence-electron chi connectivity index (χ2n) is 5.79. The van der Waals surface area contributed by atoms with Crippen molar-refractivity contribution in [2.75, 3.05) is 19.6 Å². The van der Waals surface area contributed by atoms with Gasteiger partial charge in [0, 0.05) is 6.54 Å². The van der Waals surface area contributed by atoms with Crippen LogP contribution in [0.5, 0.6) is 0 Å². The van der Waals surface area contributed by atoms with E-state index in [4.69, 9.17) is 0 Å². The Kier molecular flexibility index (Phi) is 4.66. The van der Waals surface area contributed by atoms with Crippen LogP contribution >= 0.6 is 0 Å². The van der Waals surface area contributed by atoms with Crippen LogP contribution in [-0.2, 0) is 0 Å². The smallest absolute Gasteiger partial charge is 0.0695 e. The molecule has 0 aromatic rings. The summed E-state index contributed by atoms with van der Waals surface area (Å²) in [7, 11) is 0. The van der Waals surface area contributed by atoms with Crippen molar-refractivity contribution in [3.63, 3.8) is 0 Å². The molecular weight excluding hydrogens is 198 g/mol. The first-order valence-corrected chi connectivity index (χ1v) is 7.20. The average Bonchev–Trinajstić information content (AvgIpc) is 3.06. The van der Waals surface area contributed by atoms with Crippen LogP contribution in [0.3, 0.4) is 0 Å². The van der Waals surface area contributed by atoms with E-state index >= 15 is 0 Å². The predicted octanol–water partition coefficient (Wildman–Crippen LogP) is 2.66. The summed E-state index contributed by atoms with van der Waals surface area (Å²) in [4.78, 5) is 2.50. The minimum atomic E-state index is -0.0391. The van der Waals surface area contributed by atoms with Gasteiger partial charge in [-0.1, -0.05) is 19.8 Å². The molecule has 0 aromatic carbocycles. The molecule has 0 radical (unpaired) electrons. The number of rotatable bonds is 5. The fourth-order valence-corrected chi connectivity index (χ4v) is 3.00. The lowest BCUT2D eigenvalue weighted by atomic mass is 9.96. The predicted molar refractivity (Wildman–Crippen MR) is 67.4 cm³/mol. The minimum absolute atomic E-state index is 0.0391. The number of likely N-dealkylation sites (tertiary alicyclic amines) is 1. The normalized spacial score (nSPS) is 30.0. The lowest BCUT2D eigenvalue weighted by molar-refractivity contribution is 0.0961. The van der Waals surface area contributed by atoms with Gasteiger partial charge in [-0.2, -0.15) is 0 Å². The lowest BCUT2D eigenvalue weighted by Crippen LogP contribution is -2.34. The number of nitrogens with zero attached hydrogens (tertiary/aromatic N) is 1. The van der Waals surface area contributed by atoms with Gasteiger partial charge in [0.2, 0.25) is 0 Å². The Morgan fingerprint density at radius 3 is 2.69 bits per heavy atom. The van der Waals surface area contributed by atoms with Gasteiger partial charge in [-0.25, -0.2) is 0 Å². The Bertz CT molecular complexity index is 203. The molecule has 0 spiro atoms. The minimum Gasteiger partial charge on any atom is -0.392 e. The number of aliphatic hydroxyl groups is 1. The van der Waals surface area contributed by atoms with E-state index in [0.29, 0.717) is 5.92 Å². The zero-order valence-electron chi connectivity index (χ0n) is 10.7. The van der Waals surface area contributed by atoms with Crippen LogP contribution in [0, 0.1) is 11.8 Å². The maximum Gasteiger partial charge on any atom is 0.0695 e. The Labute approximate surface area is 100 Å². The zero-order chi connectivity index (χ0) is 11.4. The van der Waals surface area contributed by atoms with E-state index in [0.717, 1.165) is 12.5 Å². The van der Waals surface area contributed by atoms with Crippen LogP contribution in [0.25, 0.3) is 0 Å². The summed E-state index contributed by atoms with van der Waals surface area (Å²) in [5.74, 6) is 1.59. The third-order valence-corrected chi connectivity index (χ3v) is 4.25. The molecule has 2 nitrogen and oxygen atoms in total. The van der Waals surface area contributed by atoms with Crippen molar-refractivity contribution in [1.82, 2.24) is 4.90 Å². The quantitative estimate of drug-likeness (QED) is 0.777. The molecule has 0 aromatic heterocycles. The number of aliphatic hydroxyl groups excluding tert-OH is 1. The van der Waals surface area contributed by atoms with Gasteiger partial charge in [0.05, 0.1) is 6.10 Å². The standard InChI is InChI=1S/C14H27NO/c1-2-4-12-5-3-9-15(10-8-12)11-14(16)13-6-7-13/h12-14,16H,2-11H2,1H3. The van der Waals surface area contributed by atoms with Gasteiger partial charge in [0.25, 0.3) is 0 Å². The molecule has 2 heteroatoms. The average molecular weight is 225 g/mol. The molecule has 1 saturated heterocycles. The van der Waals surface area contributed by atoms with Crippen molar-refractivity contribution < 1.29 is 5.11 Å². The van der Waals surface area contributed by atoms with Crippen LogP contribution in [-0.4, -0.2) is 35.7 Å². The summed E-state index contributed by atoms with van der Waals surface area (Å²) < 4.78 is 0. The molecule has 1 aliphatic carbocycles. The van der Waals surface area contributed by atoms with E-state index in [1.165, 1.54) is 58.0 Å². The first-order chi connectivity index (χ1) is 7.79. The number of hydrogen-bond acceptors (Lipinski definition) is 2. The molecule has 2 unspecified atom stereocenters. The summed E-state index contributed by atoms with van der Waals surface area (Å²) in [6, 6.07) is 0. The van der Waals surface area contributed by atoms with Gasteiger partial charge in [-0.05, 0) is 57.0 Å². The van der Waals surface area contributed by atoms with Crippen LogP contribution in [0.2, 0.25) is 0 Å². The van der Waals surface area contributed by atoms with Crippen molar-refractivity contribution >= 4 is 0 Å². The zero-order valence-corrected chi connectivity index (χ0v) is 10.7. The molecular formula is C14H27NO. The molecule has 0 bridgehead atoms. The van der Waals surface area contributed by atoms with E-state index in [2.05, 4.69) is 11.8 Å². The topological polar surface area (TPSA) is 23.5 Å². The van der Waals surface area contributed by atoms with Crippen molar-refractivity contribution in [3.8, 4) is 0 Å². The highest BCUT2D eigenvalue weighted by atomic mass is 16.3. The van der Waals surface area contributed by atoms with Gasteiger partial charge < -0.3 is 10.0 Å². The summed E-state index contributed by atoms with van der Waals surface area (Å²) in [6.45, 7) is 5.65. The molecule has 2 atom stereocenters. The number of β-amino-alcohol motifs (C(OH)–C–C–N with tert-alkyl or cyclic N) is 1. The molecule has 0 amide bonds. The van der Waals surface area contributed by atoms with E-state index in [-0.39, 0.29) is 6.10 Å². The lowest BCUT2D eigenvalue weighted by Gasteiger charge is -2.23. The highest BCUT2D eigenvalue weighted by Gasteiger charge is 2.31. The monoisotopic (exact) mass is 225 g/mol. The highest BCUT2D eigenvalue weighted by molar-refractivity contribution is 4.83. The van der Waals surface area contributed by atoms with Crippen molar-refractivity contribution in [1.29, 1.82) is 0 Å². The molecule has 1 aliphatic heterocycles. The second kappa shape index (κ2) is 6.02. The van der Waals surface area contributed by atoms with Crippen molar-refractivity contribution in [2.24, 2.45) is 11.8 Å². The third kappa shape index (κ3) is 3.74. The van der Waals surface area contributed by atoms with Crippen LogP contribution < -0.4 is 0 Å². The van der Waals surface area contributed by atoms with E-state index in [1.807, 2.05) is 0 Å². The fraction of sp³-hybridized carbons (Fsp3) is 1.00. The molecule has 1 heterocycles. The SMILES string of the molecule is CCCC1CCCN(CC(O)C2CC2)CC1. The Hall–Kier alpha value is -0.0800. The molecule has 2 rings (SSSR count). The first kappa shape index (κ1) is 12.4. The van der Waals surface area contributed by atoms with Gasteiger partial charge in [0.1, 0.15) is 0 Å². The highest BCUT2D eigenvalue weighted by Crippen LogP contribution is 2.33. The summed E-state index contributed by atoms with van der Waals surface area (Å²) in [5, 5.41) is 9.96. The van der Waals surface area contributed by atoms with Gasteiger partial charge >= 0.3 is 0 Å².